The molecule has 1 aliphatic heterocycles. The van der Waals surface area contributed by atoms with E-state index in [1.807, 2.05) is 27.2 Å². The molecule has 0 saturated carbocycles. The maximum atomic E-state index is 12.8. The van der Waals surface area contributed by atoms with Crippen molar-refractivity contribution in [3.05, 3.63) is 46.8 Å². The monoisotopic (exact) mass is 454 g/mol. The number of fused-ring (bicyclic) bond motifs is 1. The normalized spacial score (nSPS) is 14.2. The van der Waals surface area contributed by atoms with Gasteiger partial charge in [-0.25, -0.2) is 9.50 Å². The highest BCUT2D eigenvalue weighted by Gasteiger charge is 2.16. The number of thioether (sulfide) groups is 1. The van der Waals surface area contributed by atoms with Crippen LogP contribution < -0.4 is 4.90 Å². The summed E-state index contributed by atoms with van der Waals surface area (Å²) < 4.78 is 7.20. The van der Waals surface area contributed by atoms with Crippen LogP contribution in [0.4, 0.5) is 5.69 Å². The van der Waals surface area contributed by atoms with E-state index in [0.29, 0.717) is 30.3 Å². The molecule has 2 aromatic heterocycles. The first kappa shape index (κ1) is 22.5. The van der Waals surface area contributed by atoms with E-state index in [-0.39, 0.29) is 5.91 Å². The van der Waals surface area contributed by atoms with Crippen molar-refractivity contribution in [3.8, 4) is 0 Å². The van der Waals surface area contributed by atoms with Gasteiger partial charge in [0, 0.05) is 50.2 Å². The Labute approximate surface area is 193 Å². The van der Waals surface area contributed by atoms with Crippen LogP contribution in [-0.2, 0) is 22.5 Å². The van der Waals surface area contributed by atoms with E-state index in [9.17, 15) is 4.79 Å². The second-order valence-corrected chi connectivity index (χ2v) is 8.86. The minimum Gasteiger partial charge on any atom is -0.378 e. The molecule has 32 heavy (non-hydrogen) atoms. The van der Waals surface area contributed by atoms with Crippen molar-refractivity contribution in [2.24, 2.45) is 0 Å². The average Bonchev–Trinajstić information content (AvgIpc) is 3.23. The third kappa shape index (κ3) is 4.88. The van der Waals surface area contributed by atoms with Crippen molar-refractivity contribution >= 4 is 29.1 Å². The Hall–Kier alpha value is -2.65. The molecule has 1 fully saturated rings. The Bertz CT molecular complexity index is 1090. The molecule has 170 valence electrons. The summed E-state index contributed by atoms with van der Waals surface area (Å²) in [4.78, 5) is 25.9. The Morgan fingerprint density at radius 1 is 1.16 bits per heavy atom. The van der Waals surface area contributed by atoms with Crippen LogP contribution in [0.3, 0.4) is 0 Å². The third-order valence-electron chi connectivity index (χ3n) is 5.96. The lowest BCUT2D eigenvalue weighted by molar-refractivity contribution is -0.130. The molecule has 3 heterocycles. The molecule has 1 aliphatic rings. The molecule has 1 amide bonds. The number of benzene rings is 1. The van der Waals surface area contributed by atoms with Gasteiger partial charge in [0.05, 0.1) is 13.2 Å². The highest BCUT2D eigenvalue weighted by molar-refractivity contribution is 7.98. The minimum atomic E-state index is 0.115. The van der Waals surface area contributed by atoms with Crippen molar-refractivity contribution in [1.29, 1.82) is 0 Å². The predicted octanol–water partition coefficient (Wildman–Crippen LogP) is 2.89. The van der Waals surface area contributed by atoms with E-state index in [0.717, 1.165) is 48.8 Å². The summed E-state index contributed by atoms with van der Waals surface area (Å²) >= 11 is 1.49. The van der Waals surface area contributed by atoms with E-state index in [2.05, 4.69) is 44.2 Å². The maximum absolute atomic E-state index is 12.8. The summed E-state index contributed by atoms with van der Waals surface area (Å²) in [6, 6.07) is 8.48. The number of anilines is 1. The molecule has 0 spiro atoms. The molecule has 4 rings (SSSR count). The molecule has 0 N–H and O–H groups in total. The SMILES string of the molecule is CSc1nc2nc(C)c(CCC(=O)N(C)Cc3ccc(N4CCOCC4)cc3)c(C)n2n1. The van der Waals surface area contributed by atoms with Crippen LogP contribution in [0, 0.1) is 13.8 Å². The van der Waals surface area contributed by atoms with E-state index >= 15 is 0 Å². The smallest absolute Gasteiger partial charge is 0.253 e. The number of aryl methyl sites for hydroxylation is 2. The zero-order valence-electron chi connectivity index (χ0n) is 19.2. The summed E-state index contributed by atoms with van der Waals surface area (Å²) in [5.74, 6) is 0.724. The quantitative estimate of drug-likeness (QED) is 0.508. The Morgan fingerprint density at radius 3 is 2.56 bits per heavy atom. The molecular weight excluding hydrogens is 424 g/mol. The molecule has 0 atom stereocenters. The fourth-order valence-corrected chi connectivity index (χ4v) is 4.39. The molecule has 0 bridgehead atoms. The number of carbonyl (C=O) groups is 1. The second-order valence-electron chi connectivity index (χ2n) is 8.09. The summed E-state index contributed by atoms with van der Waals surface area (Å²) in [5, 5.41) is 5.19. The van der Waals surface area contributed by atoms with Gasteiger partial charge in [0.15, 0.2) is 0 Å². The molecule has 0 unspecified atom stereocenters. The molecule has 1 saturated heterocycles. The van der Waals surface area contributed by atoms with Crippen LogP contribution in [0.15, 0.2) is 29.4 Å². The van der Waals surface area contributed by atoms with Crippen molar-refractivity contribution in [3.63, 3.8) is 0 Å². The van der Waals surface area contributed by atoms with E-state index in [1.54, 1.807) is 9.42 Å². The van der Waals surface area contributed by atoms with Crippen LogP contribution in [0.1, 0.15) is 28.9 Å². The first-order valence-electron chi connectivity index (χ1n) is 10.9. The zero-order chi connectivity index (χ0) is 22.7. The molecule has 1 aromatic carbocycles. The molecule has 9 heteroatoms. The largest absolute Gasteiger partial charge is 0.378 e. The summed E-state index contributed by atoms with van der Waals surface area (Å²) in [6.45, 7) is 7.97. The van der Waals surface area contributed by atoms with Gasteiger partial charge < -0.3 is 14.5 Å². The minimum absolute atomic E-state index is 0.115. The van der Waals surface area contributed by atoms with Crippen LogP contribution in [-0.4, -0.2) is 70.0 Å². The second kappa shape index (κ2) is 9.87. The maximum Gasteiger partial charge on any atom is 0.253 e. The number of hydrogen-bond acceptors (Lipinski definition) is 7. The fourth-order valence-electron chi connectivity index (χ4n) is 4.06. The Kier molecular flexibility index (Phi) is 6.95. The van der Waals surface area contributed by atoms with Gasteiger partial charge >= 0.3 is 0 Å². The lowest BCUT2D eigenvalue weighted by Gasteiger charge is -2.29. The van der Waals surface area contributed by atoms with Crippen molar-refractivity contribution in [1.82, 2.24) is 24.5 Å². The zero-order valence-corrected chi connectivity index (χ0v) is 20.0. The van der Waals surface area contributed by atoms with Crippen molar-refractivity contribution in [2.75, 3.05) is 44.5 Å². The number of nitrogens with zero attached hydrogens (tertiary/aromatic N) is 6. The predicted molar refractivity (Wildman–Crippen MR) is 126 cm³/mol. The lowest BCUT2D eigenvalue weighted by Crippen LogP contribution is -2.36. The Balaban J connectivity index is 1.37. The van der Waals surface area contributed by atoms with Gasteiger partial charge in [-0.05, 0) is 49.8 Å². The third-order valence-corrected chi connectivity index (χ3v) is 6.50. The summed E-state index contributed by atoms with van der Waals surface area (Å²) in [7, 11) is 1.86. The lowest BCUT2D eigenvalue weighted by atomic mass is 10.1. The van der Waals surface area contributed by atoms with Crippen molar-refractivity contribution in [2.45, 2.75) is 38.4 Å². The molecule has 3 aromatic rings. The highest BCUT2D eigenvalue weighted by Crippen LogP contribution is 2.20. The number of morpholine rings is 1. The van der Waals surface area contributed by atoms with Gasteiger partial charge in [0.25, 0.3) is 5.78 Å². The van der Waals surface area contributed by atoms with E-state index < -0.39 is 0 Å². The van der Waals surface area contributed by atoms with Gasteiger partial charge in [-0.15, -0.1) is 5.10 Å². The van der Waals surface area contributed by atoms with Gasteiger partial charge in [-0.3, -0.25) is 4.79 Å². The number of amides is 1. The number of rotatable bonds is 7. The van der Waals surface area contributed by atoms with E-state index in [1.165, 1.54) is 17.4 Å². The molecular formula is C23H30N6O2S. The van der Waals surface area contributed by atoms with Crippen LogP contribution >= 0.6 is 11.8 Å². The van der Waals surface area contributed by atoms with E-state index in [4.69, 9.17) is 4.74 Å². The van der Waals surface area contributed by atoms with Gasteiger partial charge in [-0.2, -0.15) is 4.98 Å². The molecule has 8 nitrogen and oxygen atoms in total. The van der Waals surface area contributed by atoms with Crippen LogP contribution in [0.5, 0.6) is 0 Å². The molecule has 0 aliphatic carbocycles. The standard InChI is InChI=1S/C23H30N6O2S/c1-16-20(17(2)29-22(24-16)25-23(26-29)32-4)9-10-21(30)27(3)15-18-5-7-19(8-6-18)28-11-13-31-14-12-28/h5-8H,9-15H2,1-4H3. The summed E-state index contributed by atoms with van der Waals surface area (Å²) in [5.41, 5.74) is 5.29. The fraction of sp³-hybridized carbons (Fsp3) is 0.478. The van der Waals surface area contributed by atoms with Crippen LogP contribution in [0.25, 0.3) is 5.78 Å². The topological polar surface area (TPSA) is 75.9 Å². The highest BCUT2D eigenvalue weighted by atomic mass is 32.2. The average molecular weight is 455 g/mol. The van der Waals surface area contributed by atoms with Crippen LogP contribution in [0.2, 0.25) is 0 Å². The first-order valence-corrected chi connectivity index (χ1v) is 12.1. The number of ether oxygens (including phenoxy) is 1. The molecule has 0 radical (unpaired) electrons. The van der Waals surface area contributed by atoms with Gasteiger partial charge in [0.2, 0.25) is 11.1 Å². The first-order chi connectivity index (χ1) is 15.5. The number of carbonyl (C=O) groups excluding carboxylic acids is 1. The Morgan fingerprint density at radius 2 is 1.88 bits per heavy atom. The number of hydrogen-bond donors (Lipinski definition) is 0. The number of aromatic nitrogens is 4. The van der Waals surface area contributed by atoms with Gasteiger partial charge in [0.1, 0.15) is 0 Å². The summed E-state index contributed by atoms with van der Waals surface area (Å²) in [6.07, 6.45) is 3.01. The van der Waals surface area contributed by atoms with Crippen molar-refractivity contribution < 1.29 is 9.53 Å². The van der Waals surface area contributed by atoms with Gasteiger partial charge in [-0.1, -0.05) is 23.9 Å².